The normalized spacial score (nSPS) is 11.2. The van der Waals surface area contributed by atoms with Gasteiger partial charge in [0.25, 0.3) is 0 Å². The van der Waals surface area contributed by atoms with Gasteiger partial charge in [-0.25, -0.2) is 4.98 Å². The van der Waals surface area contributed by atoms with Crippen LogP contribution < -0.4 is 4.74 Å². The summed E-state index contributed by atoms with van der Waals surface area (Å²) in [5.41, 5.74) is 4.65. The Hall–Kier alpha value is -2.59. The van der Waals surface area contributed by atoms with Crippen LogP contribution in [-0.4, -0.2) is 16.2 Å². The molecule has 4 aromatic rings. The zero-order chi connectivity index (χ0) is 17.9. The Morgan fingerprint density at radius 1 is 1.04 bits per heavy atom. The van der Waals surface area contributed by atoms with Crippen LogP contribution in [0.15, 0.2) is 60.0 Å². The van der Waals surface area contributed by atoms with E-state index in [9.17, 15) is 0 Å². The van der Waals surface area contributed by atoms with Gasteiger partial charge in [-0.05, 0) is 49.1 Å². The Bertz CT molecular complexity index is 1020. The largest absolute Gasteiger partial charge is 0.491 e. The molecule has 26 heavy (non-hydrogen) atoms. The summed E-state index contributed by atoms with van der Waals surface area (Å²) in [6.45, 7) is 5.61. The lowest BCUT2D eigenvalue weighted by molar-refractivity contribution is 0.296. The fourth-order valence-corrected chi connectivity index (χ4v) is 3.99. The van der Waals surface area contributed by atoms with Gasteiger partial charge in [0.2, 0.25) is 0 Å². The van der Waals surface area contributed by atoms with E-state index >= 15 is 0 Å². The molecule has 2 aromatic heterocycles. The monoisotopic (exact) mass is 362 g/mol. The van der Waals surface area contributed by atoms with Gasteiger partial charge in [-0.3, -0.25) is 0 Å². The van der Waals surface area contributed by atoms with Crippen molar-refractivity contribution in [3.8, 4) is 5.75 Å². The van der Waals surface area contributed by atoms with Crippen molar-refractivity contribution >= 4 is 22.4 Å². The van der Waals surface area contributed by atoms with E-state index in [0.29, 0.717) is 6.61 Å². The van der Waals surface area contributed by atoms with E-state index in [1.54, 1.807) is 11.3 Å². The molecule has 0 aliphatic carbocycles. The highest BCUT2D eigenvalue weighted by Crippen LogP contribution is 2.22. The molecular weight excluding hydrogens is 340 g/mol. The Labute approximate surface area is 157 Å². The average molecular weight is 362 g/mol. The molecule has 0 aliphatic rings. The molecule has 0 bridgehead atoms. The van der Waals surface area contributed by atoms with Crippen LogP contribution in [0.4, 0.5) is 0 Å². The lowest BCUT2D eigenvalue weighted by Gasteiger charge is -2.12. The second kappa shape index (κ2) is 7.34. The summed E-state index contributed by atoms with van der Waals surface area (Å²) in [5, 5.41) is 2.12. The van der Waals surface area contributed by atoms with Crippen molar-refractivity contribution in [1.29, 1.82) is 0 Å². The molecule has 0 saturated heterocycles. The van der Waals surface area contributed by atoms with Crippen molar-refractivity contribution in [3.63, 3.8) is 0 Å². The molecule has 4 heteroatoms. The topological polar surface area (TPSA) is 27.1 Å². The van der Waals surface area contributed by atoms with Gasteiger partial charge in [0, 0.05) is 11.3 Å². The molecule has 0 fully saturated rings. The van der Waals surface area contributed by atoms with E-state index in [2.05, 4.69) is 72.3 Å². The van der Waals surface area contributed by atoms with Crippen LogP contribution in [0.5, 0.6) is 5.75 Å². The molecule has 0 unspecified atom stereocenters. The number of thiophene rings is 1. The van der Waals surface area contributed by atoms with Crippen molar-refractivity contribution < 1.29 is 4.74 Å². The molecule has 0 aliphatic heterocycles. The highest BCUT2D eigenvalue weighted by molar-refractivity contribution is 7.09. The number of para-hydroxylation sites is 2. The molecule has 4 rings (SSSR count). The number of aromatic nitrogens is 2. The molecule has 0 saturated carbocycles. The zero-order valence-corrected chi connectivity index (χ0v) is 15.9. The van der Waals surface area contributed by atoms with Crippen molar-refractivity contribution in [2.45, 2.75) is 26.8 Å². The van der Waals surface area contributed by atoms with Crippen LogP contribution in [0, 0.1) is 13.8 Å². The van der Waals surface area contributed by atoms with Crippen LogP contribution >= 0.6 is 11.3 Å². The molecule has 3 nitrogen and oxygen atoms in total. The average Bonchev–Trinajstić information content (AvgIpc) is 3.25. The number of benzene rings is 2. The second-order valence-electron chi connectivity index (χ2n) is 6.54. The van der Waals surface area contributed by atoms with Gasteiger partial charge in [-0.1, -0.05) is 35.9 Å². The third kappa shape index (κ3) is 3.51. The summed E-state index contributed by atoms with van der Waals surface area (Å²) in [7, 11) is 0. The number of fused-ring (bicyclic) bond motifs is 1. The van der Waals surface area contributed by atoms with Crippen molar-refractivity contribution in [1.82, 2.24) is 9.55 Å². The Balaban J connectivity index is 1.56. The van der Waals surface area contributed by atoms with Crippen LogP contribution in [-0.2, 0) is 13.0 Å². The Morgan fingerprint density at radius 3 is 2.73 bits per heavy atom. The minimum atomic E-state index is 0.627. The summed E-state index contributed by atoms with van der Waals surface area (Å²) in [6, 6.07) is 18.9. The fourth-order valence-electron chi connectivity index (χ4n) is 3.29. The molecule has 0 amide bonds. The maximum Gasteiger partial charge on any atom is 0.122 e. The molecule has 0 atom stereocenters. The van der Waals surface area contributed by atoms with Gasteiger partial charge < -0.3 is 9.30 Å². The van der Waals surface area contributed by atoms with Crippen molar-refractivity contribution in [2.24, 2.45) is 0 Å². The number of ether oxygens (including phenoxy) is 1. The van der Waals surface area contributed by atoms with E-state index < -0.39 is 0 Å². The first-order chi connectivity index (χ1) is 12.7. The van der Waals surface area contributed by atoms with Gasteiger partial charge in [0.1, 0.15) is 18.2 Å². The predicted octanol–water partition coefficient (Wildman–Crippen LogP) is 5.38. The third-order valence-corrected chi connectivity index (χ3v) is 5.43. The summed E-state index contributed by atoms with van der Waals surface area (Å²) >= 11 is 1.78. The maximum atomic E-state index is 6.06. The summed E-state index contributed by atoms with van der Waals surface area (Å²) in [4.78, 5) is 6.19. The van der Waals surface area contributed by atoms with Crippen molar-refractivity contribution in [2.75, 3.05) is 6.61 Å². The van der Waals surface area contributed by atoms with E-state index in [1.165, 1.54) is 21.5 Å². The van der Waals surface area contributed by atoms with Gasteiger partial charge >= 0.3 is 0 Å². The minimum Gasteiger partial charge on any atom is -0.491 e. The number of rotatable bonds is 6. The summed E-state index contributed by atoms with van der Waals surface area (Å²) in [5.74, 6) is 2.05. The third-order valence-electron chi connectivity index (χ3n) is 4.55. The van der Waals surface area contributed by atoms with Gasteiger partial charge in [-0.15, -0.1) is 11.3 Å². The van der Waals surface area contributed by atoms with E-state index in [1.807, 2.05) is 6.07 Å². The molecule has 132 valence electrons. The van der Waals surface area contributed by atoms with E-state index in [-0.39, 0.29) is 0 Å². The Kier molecular flexibility index (Phi) is 4.76. The van der Waals surface area contributed by atoms with Gasteiger partial charge in [0.05, 0.1) is 17.6 Å². The van der Waals surface area contributed by atoms with Gasteiger partial charge in [0.15, 0.2) is 0 Å². The van der Waals surface area contributed by atoms with Crippen molar-refractivity contribution in [3.05, 3.63) is 81.8 Å². The smallest absolute Gasteiger partial charge is 0.122 e. The number of imidazole rings is 1. The molecule has 0 N–H and O–H groups in total. The molecule has 2 aromatic carbocycles. The maximum absolute atomic E-state index is 6.06. The minimum absolute atomic E-state index is 0.627. The zero-order valence-electron chi connectivity index (χ0n) is 15.1. The first kappa shape index (κ1) is 16.9. The number of nitrogens with zero attached hydrogens (tertiary/aromatic N) is 2. The number of hydrogen-bond donors (Lipinski definition) is 0. The lowest BCUT2D eigenvalue weighted by Crippen LogP contribution is -2.11. The number of aryl methyl sites for hydroxylation is 2. The summed E-state index contributed by atoms with van der Waals surface area (Å²) in [6.07, 6.45) is 0.857. The molecular formula is C22H22N2OS. The van der Waals surface area contributed by atoms with Crippen LogP contribution in [0.3, 0.4) is 0 Å². The standard InChI is InChI=1S/C22H22N2OS/c1-16-9-10-21(17(2)14-16)25-12-11-24-20-8-4-3-7-19(20)23-22(24)15-18-6-5-13-26-18/h3-10,13-14H,11-12,15H2,1-2H3. The highest BCUT2D eigenvalue weighted by Gasteiger charge is 2.12. The molecule has 0 radical (unpaired) electrons. The van der Waals surface area contributed by atoms with E-state index in [4.69, 9.17) is 9.72 Å². The summed E-state index contributed by atoms with van der Waals surface area (Å²) < 4.78 is 8.35. The highest BCUT2D eigenvalue weighted by atomic mass is 32.1. The van der Waals surface area contributed by atoms with Crippen LogP contribution in [0.25, 0.3) is 11.0 Å². The quantitative estimate of drug-likeness (QED) is 0.460. The fraction of sp³-hybridized carbons (Fsp3) is 0.227. The number of hydrogen-bond acceptors (Lipinski definition) is 3. The van der Waals surface area contributed by atoms with Crippen LogP contribution in [0.1, 0.15) is 21.8 Å². The second-order valence-corrected chi connectivity index (χ2v) is 7.57. The predicted molar refractivity (Wildman–Crippen MR) is 108 cm³/mol. The van der Waals surface area contributed by atoms with Crippen LogP contribution in [0.2, 0.25) is 0 Å². The molecule has 2 heterocycles. The Morgan fingerprint density at radius 2 is 1.92 bits per heavy atom. The molecule has 0 spiro atoms. The first-order valence-corrected chi connectivity index (χ1v) is 9.75. The van der Waals surface area contributed by atoms with E-state index in [0.717, 1.165) is 30.1 Å². The SMILES string of the molecule is Cc1ccc(OCCn2c(Cc3cccs3)nc3ccccc32)c(C)c1. The van der Waals surface area contributed by atoms with Gasteiger partial charge in [-0.2, -0.15) is 0 Å². The first-order valence-electron chi connectivity index (χ1n) is 8.87. The lowest BCUT2D eigenvalue weighted by atomic mass is 10.1.